The smallest absolute Gasteiger partial charge is 0.550 e. The Morgan fingerprint density at radius 2 is 1.33 bits per heavy atom. The third-order valence-corrected chi connectivity index (χ3v) is 1.12. The Labute approximate surface area is 102 Å². The summed E-state index contributed by atoms with van der Waals surface area (Å²) in [4.78, 5) is 8.89. The third kappa shape index (κ3) is 41.5. The van der Waals surface area contributed by atoms with E-state index in [0.717, 1.165) is 33.1 Å². The van der Waals surface area contributed by atoms with Crippen LogP contribution in [0.3, 0.4) is 0 Å². The molecule has 0 aromatic heterocycles. The van der Waals surface area contributed by atoms with Gasteiger partial charge in [-0.1, -0.05) is 0 Å². The van der Waals surface area contributed by atoms with Gasteiger partial charge in [-0.3, -0.25) is 0 Å². The molecule has 0 saturated carbocycles. The molecule has 0 rings (SSSR count). The number of nitrogens with one attached hydrogen (secondary N) is 2. The normalized spacial score (nSPS) is 8.47. The standard InChI is InChI=1S/C6H18N4.C2H4O2.Cu/c7-1-3-9-5-6-10-4-2-8;1-2(3)4;/h9-10H,1-8H2;1H3,(H,3,4);/q;;+1/p-1. The van der Waals surface area contributed by atoms with Crippen LogP contribution >= 0.6 is 0 Å². The van der Waals surface area contributed by atoms with E-state index in [9.17, 15) is 0 Å². The topological polar surface area (TPSA) is 116 Å². The zero-order chi connectivity index (χ0) is 11.2. The van der Waals surface area contributed by atoms with Crippen LogP contribution in [0.5, 0.6) is 0 Å². The number of hydrogen-bond acceptors (Lipinski definition) is 6. The quantitative estimate of drug-likeness (QED) is 0.286. The van der Waals surface area contributed by atoms with E-state index < -0.39 is 5.97 Å². The number of rotatable bonds is 7. The first kappa shape index (κ1) is 20.3. The maximum Gasteiger partial charge on any atom is 1.00 e. The summed E-state index contributed by atoms with van der Waals surface area (Å²) >= 11 is 0. The molecular formula is C8H21CuN4O2. The minimum atomic E-state index is -1.08. The Hall–Kier alpha value is -0.171. The monoisotopic (exact) mass is 268 g/mol. The van der Waals surface area contributed by atoms with E-state index in [-0.39, 0.29) is 17.1 Å². The number of aliphatic carboxylic acids is 1. The summed E-state index contributed by atoms with van der Waals surface area (Å²) in [5.74, 6) is -1.08. The minimum Gasteiger partial charge on any atom is -0.550 e. The molecule has 0 aliphatic rings. The van der Waals surface area contributed by atoms with Gasteiger partial charge in [0.2, 0.25) is 0 Å². The van der Waals surface area contributed by atoms with Gasteiger partial charge < -0.3 is 32.0 Å². The Kier molecular flexibility index (Phi) is 26.2. The average molecular weight is 269 g/mol. The van der Waals surface area contributed by atoms with Crippen molar-refractivity contribution >= 4 is 5.97 Å². The van der Waals surface area contributed by atoms with E-state index in [2.05, 4.69) is 10.6 Å². The van der Waals surface area contributed by atoms with E-state index in [1.165, 1.54) is 0 Å². The second kappa shape index (κ2) is 19.4. The van der Waals surface area contributed by atoms with Crippen molar-refractivity contribution in [2.45, 2.75) is 6.92 Å². The molecule has 0 atom stereocenters. The molecule has 0 aliphatic heterocycles. The summed E-state index contributed by atoms with van der Waals surface area (Å²) < 4.78 is 0. The van der Waals surface area contributed by atoms with Crippen molar-refractivity contribution in [3.63, 3.8) is 0 Å². The summed E-state index contributed by atoms with van der Waals surface area (Å²) in [6, 6.07) is 0. The first-order valence-electron chi connectivity index (χ1n) is 4.64. The fourth-order valence-corrected chi connectivity index (χ4v) is 0.631. The van der Waals surface area contributed by atoms with E-state index >= 15 is 0 Å². The molecule has 0 saturated heterocycles. The second-order valence-corrected chi connectivity index (χ2v) is 2.57. The van der Waals surface area contributed by atoms with Crippen molar-refractivity contribution in [2.24, 2.45) is 11.5 Å². The fourth-order valence-electron chi connectivity index (χ4n) is 0.631. The van der Waals surface area contributed by atoms with Gasteiger partial charge in [-0.2, -0.15) is 0 Å². The number of hydrogen-bond donors (Lipinski definition) is 4. The first-order valence-corrected chi connectivity index (χ1v) is 4.64. The second-order valence-electron chi connectivity index (χ2n) is 2.57. The summed E-state index contributed by atoms with van der Waals surface area (Å²) in [5, 5.41) is 15.2. The molecule has 0 aromatic carbocycles. The maximum absolute atomic E-state index is 8.89. The van der Waals surface area contributed by atoms with Crippen molar-refractivity contribution in [2.75, 3.05) is 39.3 Å². The Bertz CT molecular complexity index is 115. The van der Waals surface area contributed by atoms with Crippen molar-refractivity contribution in [1.29, 1.82) is 0 Å². The van der Waals surface area contributed by atoms with Gasteiger partial charge >= 0.3 is 17.1 Å². The van der Waals surface area contributed by atoms with Gasteiger partial charge in [0.1, 0.15) is 0 Å². The molecule has 0 heterocycles. The van der Waals surface area contributed by atoms with Crippen molar-refractivity contribution in [1.82, 2.24) is 10.6 Å². The van der Waals surface area contributed by atoms with E-state index in [0.29, 0.717) is 13.1 Å². The Morgan fingerprint density at radius 1 is 1.07 bits per heavy atom. The van der Waals surface area contributed by atoms with Crippen molar-refractivity contribution in [3.05, 3.63) is 0 Å². The van der Waals surface area contributed by atoms with Gasteiger partial charge in [0.25, 0.3) is 0 Å². The summed E-state index contributed by atoms with van der Waals surface area (Å²) in [5.41, 5.74) is 10.5. The van der Waals surface area contributed by atoms with Gasteiger partial charge in [-0.25, -0.2) is 0 Å². The molecule has 0 radical (unpaired) electrons. The average Bonchev–Trinajstić information content (AvgIpc) is 2.10. The molecule has 0 spiro atoms. The van der Waals surface area contributed by atoms with Crippen LogP contribution in [0.15, 0.2) is 0 Å². The molecule has 96 valence electrons. The van der Waals surface area contributed by atoms with Crippen LogP contribution < -0.4 is 27.2 Å². The predicted octanol–water partition coefficient (Wildman–Crippen LogP) is -3.16. The van der Waals surface area contributed by atoms with Crippen LogP contribution in [-0.4, -0.2) is 45.2 Å². The Balaban J connectivity index is -0.000000249. The minimum absolute atomic E-state index is 0. The molecule has 0 aliphatic carbocycles. The zero-order valence-corrected chi connectivity index (χ0v) is 9.96. The van der Waals surface area contributed by atoms with Gasteiger partial charge in [0.15, 0.2) is 0 Å². The Morgan fingerprint density at radius 3 is 1.53 bits per heavy atom. The molecule has 7 heteroatoms. The number of carbonyl (C=O) groups is 1. The number of carboxylic acids is 1. The zero-order valence-electron chi connectivity index (χ0n) is 9.02. The number of carboxylic acid groups (broad SMARTS) is 1. The molecule has 6 nitrogen and oxygen atoms in total. The van der Waals surface area contributed by atoms with Gasteiger partial charge in [-0.15, -0.1) is 0 Å². The molecule has 0 unspecified atom stereocenters. The SMILES string of the molecule is CC(=O)[O-].NCCNCCNCCN.[Cu+]. The molecule has 15 heavy (non-hydrogen) atoms. The van der Waals surface area contributed by atoms with E-state index in [1.807, 2.05) is 0 Å². The van der Waals surface area contributed by atoms with Gasteiger partial charge in [0, 0.05) is 45.2 Å². The largest absolute Gasteiger partial charge is 1.00 e. The van der Waals surface area contributed by atoms with Crippen LogP contribution in [0.1, 0.15) is 6.92 Å². The molecule has 6 N–H and O–H groups in total. The molecule has 0 bridgehead atoms. The first-order chi connectivity index (χ1) is 6.65. The summed E-state index contributed by atoms with van der Waals surface area (Å²) in [6.45, 7) is 6.11. The molecule has 0 fully saturated rings. The van der Waals surface area contributed by atoms with Crippen LogP contribution in [0.2, 0.25) is 0 Å². The molecule has 0 aromatic rings. The fraction of sp³-hybridized carbons (Fsp3) is 0.875. The van der Waals surface area contributed by atoms with Crippen LogP contribution in [0.4, 0.5) is 0 Å². The van der Waals surface area contributed by atoms with Crippen LogP contribution in [0, 0.1) is 0 Å². The van der Waals surface area contributed by atoms with Crippen LogP contribution in [-0.2, 0) is 21.9 Å². The number of carbonyl (C=O) groups excluding carboxylic acids is 1. The molecular weight excluding hydrogens is 248 g/mol. The summed E-state index contributed by atoms with van der Waals surface area (Å²) in [6.07, 6.45) is 0. The third-order valence-electron chi connectivity index (χ3n) is 1.12. The maximum atomic E-state index is 8.89. The van der Waals surface area contributed by atoms with Crippen molar-refractivity contribution < 1.29 is 27.0 Å². The molecule has 0 amide bonds. The number of nitrogens with two attached hydrogens (primary N) is 2. The van der Waals surface area contributed by atoms with Crippen LogP contribution in [0.25, 0.3) is 0 Å². The predicted molar refractivity (Wildman–Crippen MR) is 54.5 cm³/mol. The van der Waals surface area contributed by atoms with Gasteiger partial charge in [-0.05, 0) is 6.92 Å². The van der Waals surface area contributed by atoms with Gasteiger partial charge in [0.05, 0.1) is 0 Å². The van der Waals surface area contributed by atoms with E-state index in [4.69, 9.17) is 21.4 Å². The van der Waals surface area contributed by atoms with Crippen molar-refractivity contribution in [3.8, 4) is 0 Å². The summed E-state index contributed by atoms with van der Waals surface area (Å²) in [7, 11) is 0. The van der Waals surface area contributed by atoms with E-state index in [1.54, 1.807) is 0 Å².